The van der Waals surface area contributed by atoms with Crippen LogP contribution in [0.5, 0.6) is 5.75 Å². The van der Waals surface area contributed by atoms with E-state index in [1.54, 1.807) is 0 Å². The molecule has 0 aliphatic carbocycles. The molecule has 1 amide bonds. The van der Waals surface area contributed by atoms with Gasteiger partial charge in [-0.2, -0.15) is 0 Å². The second kappa shape index (κ2) is 13.6. The number of carbonyl (C=O) groups excluding carboxylic acids is 2. The van der Waals surface area contributed by atoms with Crippen molar-refractivity contribution < 1.29 is 19.1 Å². The van der Waals surface area contributed by atoms with Gasteiger partial charge in [-0.25, -0.2) is 0 Å². The van der Waals surface area contributed by atoms with Crippen molar-refractivity contribution >= 4 is 11.9 Å². The van der Waals surface area contributed by atoms with Crippen molar-refractivity contribution in [1.82, 2.24) is 4.90 Å². The Labute approximate surface area is 192 Å². The number of rotatable bonds is 13. The van der Waals surface area contributed by atoms with Crippen molar-refractivity contribution in [2.45, 2.75) is 72.4 Å². The Hall–Kier alpha value is -2.82. The van der Waals surface area contributed by atoms with E-state index in [0.717, 1.165) is 37.0 Å². The first kappa shape index (κ1) is 25.4. The van der Waals surface area contributed by atoms with E-state index >= 15 is 0 Å². The number of para-hydroxylation sites is 1. The summed E-state index contributed by atoms with van der Waals surface area (Å²) in [6.07, 6.45) is 3.98. The topological polar surface area (TPSA) is 55.8 Å². The molecule has 174 valence electrons. The predicted molar refractivity (Wildman–Crippen MR) is 128 cm³/mol. The molecule has 2 rings (SSSR count). The molecule has 0 bridgehead atoms. The third-order valence-electron chi connectivity index (χ3n) is 5.39. The Morgan fingerprint density at radius 2 is 1.66 bits per heavy atom. The van der Waals surface area contributed by atoms with Gasteiger partial charge in [0.2, 0.25) is 0 Å². The molecule has 0 radical (unpaired) electrons. The van der Waals surface area contributed by atoms with Crippen LogP contribution in [-0.4, -0.2) is 36.0 Å². The van der Waals surface area contributed by atoms with Crippen LogP contribution in [0.4, 0.5) is 0 Å². The Balaban J connectivity index is 1.95. The number of benzene rings is 2. The largest absolute Gasteiger partial charge is 0.493 e. The second-order valence-electron chi connectivity index (χ2n) is 8.15. The number of carbonyl (C=O) groups is 2. The molecule has 2 aromatic carbocycles. The molecule has 0 unspecified atom stereocenters. The standard InChI is InChI=1S/C27H37NO4/c1-5-22-15-17-23(18-16-22)27(30)28(21(3)4)20-24-12-9-10-13-25(24)32-19-11-7-8-14-26(29)31-6-2/h9-10,12-13,15-18,21H,5-8,11,14,19-20H2,1-4H3. The van der Waals surface area contributed by atoms with Crippen molar-refractivity contribution in [3.8, 4) is 5.75 Å². The summed E-state index contributed by atoms with van der Waals surface area (Å²) in [5, 5.41) is 0. The van der Waals surface area contributed by atoms with E-state index in [-0.39, 0.29) is 17.9 Å². The van der Waals surface area contributed by atoms with Crippen LogP contribution in [0.3, 0.4) is 0 Å². The number of ether oxygens (including phenoxy) is 2. The van der Waals surface area contributed by atoms with Gasteiger partial charge in [0, 0.05) is 30.1 Å². The average molecular weight is 440 g/mol. The molecular weight excluding hydrogens is 402 g/mol. The molecule has 32 heavy (non-hydrogen) atoms. The summed E-state index contributed by atoms with van der Waals surface area (Å²) in [6.45, 7) is 9.49. The van der Waals surface area contributed by atoms with Crippen LogP contribution in [0, 0.1) is 0 Å². The SMILES string of the molecule is CCOC(=O)CCCCCOc1ccccc1CN(C(=O)c1ccc(CC)cc1)C(C)C. The van der Waals surface area contributed by atoms with Crippen LogP contribution in [-0.2, 0) is 22.5 Å². The van der Waals surface area contributed by atoms with Gasteiger partial charge in [0.15, 0.2) is 0 Å². The van der Waals surface area contributed by atoms with Crippen molar-refractivity contribution in [2.75, 3.05) is 13.2 Å². The second-order valence-corrected chi connectivity index (χ2v) is 8.15. The molecular formula is C27H37NO4. The van der Waals surface area contributed by atoms with Gasteiger partial charge in [0.1, 0.15) is 5.75 Å². The lowest BCUT2D eigenvalue weighted by atomic mass is 10.1. The third-order valence-corrected chi connectivity index (χ3v) is 5.39. The first-order valence-corrected chi connectivity index (χ1v) is 11.7. The van der Waals surface area contributed by atoms with E-state index in [2.05, 4.69) is 6.92 Å². The fourth-order valence-corrected chi connectivity index (χ4v) is 3.46. The quantitative estimate of drug-likeness (QED) is 0.292. The molecule has 0 saturated heterocycles. The predicted octanol–water partition coefficient (Wildman–Crippen LogP) is 5.80. The highest BCUT2D eigenvalue weighted by molar-refractivity contribution is 5.94. The van der Waals surface area contributed by atoms with E-state index < -0.39 is 0 Å². The normalized spacial score (nSPS) is 10.8. The Kier molecular flexibility index (Phi) is 10.8. The van der Waals surface area contributed by atoms with Gasteiger partial charge in [-0.3, -0.25) is 9.59 Å². The molecule has 0 aliphatic heterocycles. The number of esters is 1. The van der Waals surface area contributed by atoms with Crippen molar-refractivity contribution in [3.63, 3.8) is 0 Å². The molecule has 0 N–H and O–H groups in total. The van der Waals surface area contributed by atoms with Gasteiger partial charge in [-0.15, -0.1) is 0 Å². The van der Waals surface area contributed by atoms with E-state index in [1.807, 2.05) is 74.2 Å². The lowest BCUT2D eigenvalue weighted by Gasteiger charge is -2.28. The molecule has 0 heterocycles. The van der Waals surface area contributed by atoms with Crippen molar-refractivity contribution in [3.05, 3.63) is 65.2 Å². The first-order chi connectivity index (χ1) is 15.5. The monoisotopic (exact) mass is 439 g/mol. The first-order valence-electron chi connectivity index (χ1n) is 11.7. The number of hydrogen-bond acceptors (Lipinski definition) is 4. The van der Waals surface area contributed by atoms with Gasteiger partial charge >= 0.3 is 5.97 Å². The summed E-state index contributed by atoms with van der Waals surface area (Å²) in [5.74, 6) is 0.690. The number of aryl methyl sites for hydroxylation is 1. The molecule has 5 heteroatoms. The van der Waals surface area contributed by atoms with Crippen molar-refractivity contribution in [2.24, 2.45) is 0 Å². The number of hydrogen-bond donors (Lipinski definition) is 0. The minimum Gasteiger partial charge on any atom is -0.493 e. The van der Waals surface area contributed by atoms with Crippen LogP contribution in [0.15, 0.2) is 48.5 Å². The van der Waals surface area contributed by atoms with Gasteiger partial charge in [0.05, 0.1) is 13.2 Å². The van der Waals surface area contributed by atoms with Crippen LogP contribution in [0.25, 0.3) is 0 Å². The molecule has 5 nitrogen and oxygen atoms in total. The zero-order valence-electron chi connectivity index (χ0n) is 19.9. The zero-order chi connectivity index (χ0) is 23.3. The maximum Gasteiger partial charge on any atom is 0.305 e. The van der Waals surface area contributed by atoms with Crippen LogP contribution in [0.1, 0.15) is 74.9 Å². The highest BCUT2D eigenvalue weighted by Gasteiger charge is 2.20. The highest BCUT2D eigenvalue weighted by atomic mass is 16.5. The van der Waals surface area contributed by atoms with Gasteiger partial charge < -0.3 is 14.4 Å². The van der Waals surface area contributed by atoms with Crippen LogP contribution < -0.4 is 4.74 Å². The fraction of sp³-hybridized carbons (Fsp3) is 0.481. The maximum atomic E-state index is 13.2. The fourth-order valence-electron chi connectivity index (χ4n) is 3.46. The molecule has 0 aliphatic rings. The Bertz CT molecular complexity index is 845. The summed E-state index contributed by atoms with van der Waals surface area (Å²) < 4.78 is 11.0. The average Bonchev–Trinajstić information content (AvgIpc) is 2.80. The summed E-state index contributed by atoms with van der Waals surface area (Å²) in [6, 6.07) is 15.8. The lowest BCUT2D eigenvalue weighted by Crippen LogP contribution is -2.36. The molecule has 0 saturated carbocycles. The minimum atomic E-state index is -0.137. The molecule has 0 atom stereocenters. The minimum absolute atomic E-state index is 0.0245. The number of nitrogens with zero attached hydrogens (tertiary/aromatic N) is 1. The van der Waals surface area contributed by atoms with E-state index in [4.69, 9.17) is 9.47 Å². The van der Waals surface area contributed by atoms with E-state index in [0.29, 0.717) is 31.7 Å². The summed E-state index contributed by atoms with van der Waals surface area (Å²) in [4.78, 5) is 26.5. The van der Waals surface area contributed by atoms with Gasteiger partial charge in [-0.05, 0) is 70.2 Å². The molecule has 0 spiro atoms. The Morgan fingerprint density at radius 1 is 0.938 bits per heavy atom. The van der Waals surface area contributed by atoms with E-state index in [1.165, 1.54) is 5.56 Å². The maximum absolute atomic E-state index is 13.2. The van der Waals surface area contributed by atoms with E-state index in [9.17, 15) is 9.59 Å². The van der Waals surface area contributed by atoms with Gasteiger partial charge in [-0.1, -0.05) is 37.3 Å². The lowest BCUT2D eigenvalue weighted by molar-refractivity contribution is -0.143. The Morgan fingerprint density at radius 3 is 2.31 bits per heavy atom. The van der Waals surface area contributed by atoms with Crippen LogP contribution in [0.2, 0.25) is 0 Å². The smallest absolute Gasteiger partial charge is 0.305 e. The summed E-state index contributed by atoms with van der Waals surface area (Å²) in [7, 11) is 0. The van der Waals surface area contributed by atoms with Crippen molar-refractivity contribution in [1.29, 1.82) is 0 Å². The molecule has 0 aromatic heterocycles. The highest BCUT2D eigenvalue weighted by Crippen LogP contribution is 2.23. The number of unbranched alkanes of at least 4 members (excludes halogenated alkanes) is 2. The zero-order valence-corrected chi connectivity index (χ0v) is 19.9. The summed E-state index contributed by atoms with van der Waals surface area (Å²) in [5.41, 5.74) is 2.92. The molecule has 0 fully saturated rings. The third kappa shape index (κ3) is 8.03. The van der Waals surface area contributed by atoms with Gasteiger partial charge in [0.25, 0.3) is 5.91 Å². The summed E-state index contributed by atoms with van der Waals surface area (Å²) >= 11 is 0. The number of amides is 1. The van der Waals surface area contributed by atoms with Crippen LogP contribution >= 0.6 is 0 Å². The molecule has 2 aromatic rings.